The summed E-state index contributed by atoms with van der Waals surface area (Å²) in [4.78, 5) is 38.2. The minimum atomic E-state index is -1.15. The van der Waals surface area contributed by atoms with Crippen molar-refractivity contribution in [2.45, 2.75) is 6.61 Å². The Morgan fingerprint density at radius 3 is 2.20 bits per heavy atom. The standard InChI is InChI=1S/C17H14NO6.W/c1-12(19)14-7-9-15(10-8-14)23-17(21)24-18-16(20)22-11-13-5-3-2-4-6-13;/h2-10H,1,11H2,(H,18,20);/q-1;. The maximum Gasteiger partial charge on any atom is 0.539 e. The number of carbonyl (C=O) groups excluding carboxylic acids is 3. The second-order valence-corrected chi connectivity index (χ2v) is 4.57. The predicted molar refractivity (Wildman–Crippen MR) is 83.0 cm³/mol. The van der Waals surface area contributed by atoms with Crippen molar-refractivity contribution in [2.75, 3.05) is 0 Å². The van der Waals surface area contributed by atoms with Gasteiger partial charge in [-0.1, -0.05) is 30.3 Å². The zero-order valence-corrected chi connectivity index (χ0v) is 15.9. The molecule has 25 heavy (non-hydrogen) atoms. The van der Waals surface area contributed by atoms with Crippen LogP contribution >= 0.6 is 0 Å². The number of Topliss-reactive ketones (excluding diaryl/α,β-unsaturated/α-hetero) is 1. The van der Waals surface area contributed by atoms with Gasteiger partial charge in [-0.25, -0.2) is 9.59 Å². The van der Waals surface area contributed by atoms with Crippen molar-refractivity contribution in [3.63, 3.8) is 0 Å². The van der Waals surface area contributed by atoms with E-state index in [-0.39, 0.29) is 39.2 Å². The first-order valence-electron chi connectivity index (χ1n) is 6.86. The van der Waals surface area contributed by atoms with Crippen molar-refractivity contribution in [3.8, 4) is 5.75 Å². The molecule has 0 saturated carbocycles. The molecule has 0 aliphatic rings. The van der Waals surface area contributed by atoms with E-state index in [1.165, 1.54) is 24.3 Å². The monoisotopic (exact) mass is 512 g/mol. The molecule has 2 aromatic carbocycles. The largest absolute Gasteiger partial charge is 0.539 e. The third-order valence-electron chi connectivity index (χ3n) is 2.81. The van der Waals surface area contributed by atoms with Gasteiger partial charge in [0.15, 0.2) is 0 Å². The van der Waals surface area contributed by atoms with Crippen LogP contribution in [0.2, 0.25) is 0 Å². The molecule has 0 unspecified atom stereocenters. The van der Waals surface area contributed by atoms with Gasteiger partial charge in [-0.3, -0.25) is 0 Å². The molecular formula is C17H14NO6W-. The van der Waals surface area contributed by atoms with E-state index in [1.54, 1.807) is 29.7 Å². The van der Waals surface area contributed by atoms with E-state index in [9.17, 15) is 14.4 Å². The summed E-state index contributed by atoms with van der Waals surface area (Å²) in [6.07, 6.45) is -2.09. The predicted octanol–water partition coefficient (Wildman–Crippen LogP) is 3.06. The van der Waals surface area contributed by atoms with Crippen LogP contribution in [-0.4, -0.2) is 18.0 Å². The van der Waals surface area contributed by atoms with Crippen LogP contribution < -0.4 is 10.2 Å². The van der Waals surface area contributed by atoms with E-state index in [0.29, 0.717) is 5.56 Å². The van der Waals surface area contributed by atoms with Gasteiger partial charge in [0.1, 0.15) is 12.4 Å². The van der Waals surface area contributed by atoms with Crippen LogP contribution in [0.3, 0.4) is 0 Å². The Bertz CT molecular complexity index is 718. The van der Waals surface area contributed by atoms with Crippen molar-refractivity contribution in [1.29, 1.82) is 0 Å². The fourth-order valence-corrected chi connectivity index (χ4v) is 1.66. The Hall–Kier alpha value is -2.79. The van der Waals surface area contributed by atoms with E-state index >= 15 is 0 Å². The van der Waals surface area contributed by atoms with E-state index < -0.39 is 12.2 Å². The number of hydrogen-bond donors (Lipinski definition) is 1. The van der Waals surface area contributed by atoms with Crippen molar-refractivity contribution in [3.05, 3.63) is 72.6 Å². The van der Waals surface area contributed by atoms with E-state index in [4.69, 9.17) is 9.47 Å². The number of ether oxygens (including phenoxy) is 2. The first-order chi connectivity index (χ1) is 11.5. The number of amides is 1. The number of carbonyl (C=O) groups is 3. The van der Waals surface area contributed by atoms with Gasteiger partial charge in [0, 0.05) is 26.8 Å². The number of hydrogen-bond acceptors (Lipinski definition) is 6. The average molecular weight is 512 g/mol. The molecule has 0 fully saturated rings. The maximum atomic E-state index is 11.4. The van der Waals surface area contributed by atoms with Gasteiger partial charge in [-0.15, -0.1) is 23.2 Å². The van der Waals surface area contributed by atoms with Crippen molar-refractivity contribution < 1.29 is 49.8 Å². The molecule has 2 aromatic rings. The fraction of sp³-hybridized carbons (Fsp3) is 0.0588. The molecule has 0 aliphatic carbocycles. The molecular weight excluding hydrogens is 498 g/mol. The number of rotatable bonds is 4. The molecule has 0 bridgehead atoms. The Balaban J connectivity index is 0.00000312. The van der Waals surface area contributed by atoms with Crippen molar-refractivity contribution >= 4 is 18.0 Å². The summed E-state index contributed by atoms with van der Waals surface area (Å²) in [5, 5.41) is 0. The second-order valence-electron chi connectivity index (χ2n) is 4.57. The van der Waals surface area contributed by atoms with Gasteiger partial charge >= 0.3 is 12.2 Å². The van der Waals surface area contributed by atoms with Crippen LogP contribution in [0.4, 0.5) is 9.59 Å². The molecule has 0 heterocycles. The molecule has 0 aromatic heterocycles. The first kappa shape index (κ1) is 20.3. The molecule has 0 aliphatic heterocycles. The van der Waals surface area contributed by atoms with Crippen molar-refractivity contribution in [1.82, 2.24) is 5.48 Å². The minimum absolute atomic E-state index is 0. The number of nitrogens with one attached hydrogen (secondary N) is 1. The summed E-state index contributed by atoms with van der Waals surface area (Å²) < 4.78 is 9.64. The molecule has 7 nitrogen and oxygen atoms in total. The zero-order valence-electron chi connectivity index (χ0n) is 13.0. The fourth-order valence-electron chi connectivity index (χ4n) is 1.66. The molecule has 2 rings (SSSR count). The number of benzene rings is 2. The van der Waals surface area contributed by atoms with E-state index in [2.05, 4.69) is 11.8 Å². The summed E-state index contributed by atoms with van der Waals surface area (Å²) >= 11 is 0. The zero-order chi connectivity index (χ0) is 17.4. The van der Waals surface area contributed by atoms with Gasteiger partial charge in [-0.2, -0.15) is 6.92 Å². The van der Waals surface area contributed by atoms with Crippen LogP contribution in [0.25, 0.3) is 0 Å². The minimum Gasteiger partial charge on any atom is -0.443 e. The quantitative estimate of drug-likeness (QED) is 0.223. The molecule has 1 N–H and O–H groups in total. The van der Waals surface area contributed by atoms with Crippen LogP contribution in [-0.2, 0) is 37.2 Å². The second kappa shape index (κ2) is 10.2. The third kappa shape index (κ3) is 7.10. The summed E-state index contributed by atoms with van der Waals surface area (Å²) in [5.41, 5.74) is 2.96. The summed E-state index contributed by atoms with van der Waals surface area (Å²) in [6.45, 7) is 3.29. The van der Waals surface area contributed by atoms with Crippen LogP contribution in [0.5, 0.6) is 5.75 Å². The summed E-state index contributed by atoms with van der Waals surface area (Å²) in [7, 11) is 0. The van der Waals surface area contributed by atoms with E-state index in [1.807, 2.05) is 6.07 Å². The average Bonchev–Trinajstić information content (AvgIpc) is 2.59. The van der Waals surface area contributed by atoms with Gasteiger partial charge < -0.3 is 19.1 Å². The van der Waals surface area contributed by atoms with Gasteiger partial charge in [0.2, 0.25) is 0 Å². The maximum absolute atomic E-state index is 11.4. The van der Waals surface area contributed by atoms with Gasteiger partial charge in [-0.05, 0) is 17.7 Å². The summed E-state index contributed by atoms with van der Waals surface area (Å²) in [6, 6.07) is 14.7. The van der Waals surface area contributed by atoms with Crippen LogP contribution in [0.15, 0.2) is 54.6 Å². The van der Waals surface area contributed by atoms with Crippen LogP contribution in [0, 0.1) is 6.92 Å². The van der Waals surface area contributed by atoms with Crippen molar-refractivity contribution in [2.24, 2.45) is 0 Å². The molecule has 0 radical (unpaired) electrons. The first-order valence-corrected chi connectivity index (χ1v) is 6.86. The smallest absolute Gasteiger partial charge is 0.443 e. The van der Waals surface area contributed by atoms with Gasteiger partial charge in [0.05, 0.1) is 0 Å². The molecule has 0 saturated heterocycles. The Morgan fingerprint density at radius 2 is 1.60 bits per heavy atom. The number of ketones is 1. The molecule has 0 atom stereocenters. The van der Waals surface area contributed by atoms with Crippen LogP contribution in [0.1, 0.15) is 15.9 Å². The van der Waals surface area contributed by atoms with Gasteiger partial charge in [0.25, 0.3) is 0 Å². The molecule has 0 spiro atoms. The Morgan fingerprint density at radius 1 is 0.960 bits per heavy atom. The molecule has 8 heteroatoms. The molecule has 1 amide bonds. The topological polar surface area (TPSA) is 90.9 Å². The SMILES string of the molecule is [CH2-]C(=O)c1ccc(OC(=O)ONC(=O)OCc2ccccc2)cc1.[W]. The Labute approximate surface area is 158 Å². The Kier molecular flexibility index (Phi) is 8.22. The normalized spacial score (nSPS) is 9.28. The molecule has 130 valence electrons. The third-order valence-corrected chi connectivity index (χ3v) is 2.81. The summed E-state index contributed by atoms with van der Waals surface area (Å²) in [5.74, 6) is -0.212. The van der Waals surface area contributed by atoms with E-state index in [0.717, 1.165) is 5.56 Å². The number of hydroxylamine groups is 1.